The number of carbonyl (C=O) groups is 4. The smallest absolute Gasteiger partial charge is 0.291 e. The normalized spacial score (nSPS) is 11.0. The molecule has 5 rings (SSSR count). The van der Waals surface area contributed by atoms with E-state index in [4.69, 9.17) is 38.8 Å². The van der Waals surface area contributed by atoms with Gasteiger partial charge in [-0.3, -0.25) is 24.6 Å². The molecule has 0 radical (unpaired) electrons. The minimum atomic E-state index is -0.490. The predicted molar refractivity (Wildman–Crippen MR) is 199 cm³/mol. The van der Waals surface area contributed by atoms with E-state index in [0.29, 0.717) is 64.2 Å². The van der Waals surface area contributed by atoms with E-state index in [9.17, 15) is 19.2 Å². The number of fused-ring (bicyclic) bond motifs is 1. The Hall–Kier alpha value is -5.67. The van der Waals surface area contributed by atoms with Crippen molar-refractivity contribution in [2.45, 2.75) is 27.2 Å². The molecule has 268 valence electrons. The number of anilines is 4. The highest BCUT2D eigenvalue weighted by Gasteiger charge is 2.23. The number of nitrogens with one attached hydrogen (secondary N) is 8. The van der Waals surface area contributed by atoms with Gasteiger partial charge in [-0.05, 0) is 45.0 Å². The summed E-state index contributed by atoms with van der Waals surface area (Å²) < 4.78 is 5.80. The standard InChI is InChI=1S/C34H38Cl2N10O5/c1-17-23(15-40-28(17)32(48)39-9-6-27(37)38)44-34(50)30-19(3)24(16-42-30)45-33(49)29-18(2)22(14-41-29)43-31(47)26-13-20-12-21(4-5-25(20)51-26)46(10-7-35)11-8-36/h4-5,12-16,40-42H,6-11H2,1-3H3,(H3,37,38)(H,39,48)(H,43,47)(H,44,50)(H,45,49). The van der Waals surface area contributed by atoms with E-state index in [1.54, 1.807) is 32.9 Å². The number of rotatable bonds is 15. The molecule has 0 spiro atoms. The Bertz CT molecular complexity index is 2100. The maximum absolute atomic E-state index is 13.3. The first-order chi connectivity index (χ1) is 24.4. The largest absolute Gasteiger partial charge is 0.451 e. The van der Waals surface area contributed by atoms with E-state index >= 15 is 0 Å². The zero-order valence-corrected chi connectivity index (χ0v) is 29.6. The molecule has 0 saturated heterocycles. The number of nitrogens with two attached hydrogens (primary N) is 1. The van der Waals surface area contributed by atoms with Crippen molar-refractivity contribution in [2.24, 2.45) is 5.73 Å². The van der Waals surface area contributed by atoms with Crippen LogP contribution in [0.15, 0.2) is 47.3 Å². The molecule has 0 aliphatic rings. The predicted octanol–water partition coefficient (Wildman–Crippen LogP) is 5.44. The van der Waals surface area contributed by atoms with Crippen molar-refractivity contribution >= 4 is 86.4 Å². The summed E-state index contributed by atoms with van der Waals surface area (Å²) in [6, 6.07) is 7.24. The van der Waals surface area contributed by atoms with E-state index in [-0.39, 0.29) is 41.6 Å². The monoisotopic (exact) mass is 736 g/mol. The van der Waals surface area contributed by atoms with Crippen LogP contribution in [0.4, 0.5) is 22.7 Å². The quantitative estimate of drug-likeness (QED) is 0.0383. The number of aromatic amines is 3. The van der Waals surface area contributed by atoms with Crippen LogP contribution in [0.2, 0.25) is 0 Å². The van der Waals surface area contributed by atoms with Gasteiger partial charge in [0.15, 0.2) is 5.76 Å². The average Bonchev–Trinajstić information content (AvgIpc) is 3.87. The van der Waals surface area contributed by atoms with Crippen molar-refractivity contribution in [3.8, 4) is 0 Å². The molecule has 17 heteroatoms. The lowest BCUT2D eigenvalue weighted by Gasteiger charge is -2.22. The minimum Gasteiger partial charge on any atom is -0.451 e. The van der Waals surface area contributed by atoms with Crippen molar-refractivity contribution in [3.63, 3.8) is 0 Å². The average molecular weight is 738 g/mol. The van der Waals surface area contributed by atoms with Crippen LogP contribution < -0.4 is 31.9 Å². The van der Waals surface area contributed by atoms with Gasteiger partial charge in [0, 0.05) is 84.2 Å². The Kier molecular flexibility index (Phi) is 11.4. The van der Waals surface area contributed by atoms with Crippen molar-refractivity contribution in [1.82, 2.24) is 20.3 Å². The lowest BCUT2D eigenvalue weighted by molar-refractivity contribution is 0.0947. The summed E-state index contributed by atoms with van der Waals surface area (Å²) in [7, 11) is 0. The van der Waals surface area contributed by atoms with Gasteiger partial charge in [0.1, 0.15) is 22.7 Å². The summed E-state index contributed by atoms with van der Waals surface area (Å²) >= 11 is 11.9. The first kappa shape index (κ1) is 36.6. The summed E-state index contributed by atoms with van der Waals surface area (Å²) in [5.41, 5.74) is 10.1. The van der Waals surface area contributed by atoms with Gasteiger partial charge in [-0.25, -0.2) is 0 Å². The highest BCUT2D eigenvalue weighted by Crippen LogP contribution is 2.28. The Labute approximate surface area is 302 Å². The summed E-state index contributed by atoms with van der Waals surface area (Å²) in [4.78, 5) is 62.8. The molecule has 51 heavy (non-hydrogen) atoms. The van der Waals surface area contributed by atoms with E-state index < -0.39 is 23.6 Å². The molecule has 5 aromatic rings. The van der Waals surface area contributed by atoms with Crippen LogP contribution in [0.1, 0.15) is 65.1 Å². The Morgan fingerprint density at radius 3 is 1.75 bits per heavy atom. The summed E-state index contributed by atoms with van der Waals surface area (Å²) in [6.07, 6.45) is 4.74. The number of aromatic nitrogens is 3. The van der Waals surface area contributed by atoms with Crippen LogP contribution in [0.25, 0.3) is 11.0 Å². The van der Waals surface area contributed by atoms with Gasteiger partial charge in [-0.2, -0.15) is 0 Å². The number of nitrogens with zero attached hydrogens (tertiary/aromatic N) is 1. The molecule has 4 aromatic heterocycles. The number of benzene rings is 1. The summed E-state index contributed by atoms with van der Waals surface area (Å²) in [5.74, 6) is -0.906. The number of amides is 4. The van der Waals surface area contributed by atoms with Gasteiger partial charge in [0.05, 0.1) is 22.9 Å². The molecule has 1 aromatic carbocycles. The van der Waals surface area contributed by atoms with E-state index in [1.165, 1.54) is 18.6 Å². The van der Waals surface area contributed by atoms with E-state index in [1.807, 2.05) is 12.1 Å². The second-order valence-electron chi connectivity index (χ2n) is 11.7. The minimum absolute atomic E-state index is 0.0376. The number of alkyl halides is 2. The molecule has 4 amide bonds. The van der Waals surface area contributed by atoms with Crippen LogP contribution in [-0.2, 0) is 0 Å². The number of H-pyrrole nitrogens is 3. The Morgan fingerprint density at radius 2 is 1.25 bits per heavy atom. The van der Waals surface area contributed by atoms with Gasteiger partial charge in [0.25, 0.3) is 23.6 Å². The van der Waals surface area contributed by atoms with Crippen LogP contribution in [0.3, 0.4) is 0 Å². The zero-order chi connectivity index (χ0) is 36.8. The van der Waals surface area contributed by atoms with Crippen molar-refractivity contribution in [1.29, 1.82) is 5.41 Å². The maximum atomic E-state index is 13.3. The van der Waals surface area contributed by atoms with Crippen LogP contribution in [0, 0.1) is 26.2 Å². The number of halogens is 2. The topological polar surface area (TPSA) is 230 Å². The third kappa shape index (κ3) is 8.22. The maximum Gasteiger partial charge on any atom is 0.291 e. The molecule has 0 fully saturated rings. The van der Waals surface area contributed by atoms with E-state index in [0.717, 1.165) is 11.1 Å². The highest BCUT2D eigenvalue weighted by molar-refractivity contribution is 6.18. The first-order valence-electron chi connectivity index (χ1n) is 15.9. The molecule has 0 aliphatic heterocycles. The second kappa shape index (κ2) is 15.9. The van der Waals surface area contributed by atoms with Crippen LogP contribution in [0.5, 0.6) is 0 Å². The van der Waals surface area contributed by atoms with Crippen molar-refractivity contribution < 1.29 is 23.6 Å². The number of hydrogen-bond donors (Lipinski definition) is 9. The molecular weight excluding hydrogens is 699 g/mol. The lowest BCUT2D eigenvalue weighted by atomic mass is 10.2. The second-order valence-corrected chi connectivity index (χ2v) is 12.5. The number of furan rings is 1. The SMILES string of the molecule is Cc1c(NC(=O)c2cc3cc(N(CCCl)CCCl)ccc3o2)c[nH]c1C(=O)Nc1c[nH]c(C(=O)Nc2c[nH]c(C(=O)NCCC(=N)N)c2C)c1C. The van der Waals surface area contributed by atoms with Crippen molar-refractivity contribution in [2.75, 3.05) is 52.2 Å². The van der Waals surface area contributed by atoms with Gasteiger partial charge in [-0.1, -0.05) is 0 Å². The summed E-state index contributed by atoms with van der Waals surface area (Å²) in [5, 5.41) is 19.0. The molecule has 0 aliphatic carbocycles. The van der Waals surface area contributed by atoms with Gasteiger partial charge in [0.2, 0.25) is 0 Å². The fourth-order valence-corrected chi connectivity index (χ4v) is 5.86. The molecule has 0 saturated carbocycles. The molecule has 0 bridgehead atoms. The van der Waals surface area contributed by atoms with E-state index in [2.05, 4.69) is 41.1 Å². The molecule has 4 heterocycles. The third-order valence-electron chi connectivity index (χ3n) is 8.32. The molecule has 0 unspecified atom stereocenters. The van der Waals surface area contributed by atoms with Gasteiger partial charge in [-0.15, -0.1) is 23.2 Å². The molecule has 15 nitrogen and oxygen atoms in total. The fraction of sp³-hybridized carbons (Fsp3) is 0.265. The van der Waals surface area contributed by atoms with Gasteiger partial charge >= 0.3 is 0 Å². The van der Waals surface area contributed by atoms with Crippen molar-refractivity contribution in [3.05, 3.63) is 82.4 Å². The van der Waals surface area contributed by atoms with Gasteiger partial charge < -0.3 is 51.3 Å². The molecule has 10 N–H and O–H groups in total. The van der Waals surface area contributed by atoms with Crippen LogP contribution >= 0.6 is 23.2 Å². The first-order valence-corrected chi connectivity index (χ1v) is 17.0. The van der Waals surface area contributed by atoms with Crippen LogP contribution in [-0.4, -0.2) is 75.8 Å². The lowest BCUT2D eigenvalue weighted by Crippen LogP contribution is -2.28. The fourth-order valence-electron chi connectivity index (χ4n) is 5.45. The highest BCUT2D eigenvalue weighted by atomic mass is 35.5. The number of carbonyl (C=O) groups excluding carboxylic acids is 4. The Balaban J connectivity index is 1.22. The third-order valence-corrected chi connectivity index (χ3v) is 8.66. The summed E-state index contributed by atoms with van der Waals surface area (Å²) in [6.45, 7) is 6.50. The zero-order valence-electron chi connectivity index (χ0n) is 28.1. The number of hydrogen-bond acceptors (Lipinski definition) is 7. The molecular formula is C34H38Cl2N10O5. The number of amidine groups is 1. The molecule has 0 atom stereocenters. The Morgan fingerprint density at radius 1 is 0.765 bits per heavy atom.